The van der Waals surface area contributed by atoms with Gasteiger partial charge in [-0.15, -0.1) is 0 Å². The molecule has 0 N–H and O–H groups in total. The number of carbonyl (C=O) groups excluding carboxylic acids is 1. The molecule has 2 atom stereocenters. The number of amides is 1. The van der Waals surface area contributed by atoms with Crippen LogP contribution in [-0.2, 0) is 4.79 Å². The molecule has 1 rings (SSSR count). The van der Waals surface area contributed by atoms with E-state index in [9.17, 15) is 4.79 Å². The molecule has 1 aliphatic rings. The second-order valence-corrected chi connectivity index (χ2v) is 3.38. The average molecular weight is 171 g/mol. The Balaban J connectivity index is 0.000000561. The van der Waals surface area contributed by atoms with Crippen molar-refractivity contribution >= 4 is 5.91 Å². The maximum atomic E-state index is 10.9. The van der Waals surface area contributed by atoms with Crippen LogP contribution in [0.15, 0.2) is 0 Å². The first kappa shape index (κ1) is 11.5. The fraction of sp³-hybridized carbons (Fsp3) is 0.900. The first-order valence-electron chi connectivity index (χ1n) is 4.86. The van der Waals surface area contributed by atoms with Gasteiger partial charge in [0.2, 0.25) is 5.91 Å². The molecule has 1 saturated heterocycles. The minimum absolute atomic E-state index is 0.219. The van der Waals surface area contributed by atoms with Crippen LogP contribution in [0.25, 0.3) is 0 Å². The summed E-state index contributed by atoms with van der Waals surface area (Å²) in [5.41, 5.74) is 0. The van der Waals surface area contributed by atoms with E-state index in [1.165, 1.54) is 0 Å². The van der Waals surface area contributed by atoms with Crippen LogP contribution < -0.4 is 0 Å². The molecule has 0 aromatic rings. The van der Waals surface area contributed by atoms with E-state index in [1.54, 1.807) is 6.92 Å². The van der Waals surface area contributed by atoms with E-state index in [0.29, 0.717) is 11.8 Å². The minimum Gasteiger partial charge on any atom is -0.342 e. The molecular weight excluding hydrogens is 150 g/mol. The molecule has 0 spiro atoms. The molecule has 1 amide bonds. The molecule has 0 aromatic heterocycles. The monoisotopic (exact) mass is 171 g/mol. The molecule has 0 radical (unpaired) electrons. The number of carbonyl (C=O) groups is 1. The van der Waals surface area contributed by atoms with Crippen molar-refractivity contribution < 1.29 is 4.79 Å². The molecule has 12 heavy (non-hydrogen) atoms. The maximum absolute atomic E-state index is 10.9. The lowest BCUT2D eigenvalue weighted by Gasteiger charge is -2.11. The van der Waals surface area contributed by atoms with Crippen LogP contribution in [0.2, 0.25) is 0 Å². The zero-order valence-electron chi connectivity index (χ0n) is 8.92. The molecule has 0 saturated carbocycles. The molecule has 1 heterocycles. The third kappa shape index (κ3) is 2.84. The quantitative estimate of drug-likeness (QED) is 0.547. The Morgan fingerprint density at radius 3 is 1.67 bits per heavy atom. The Labute approximate surface area is 75.9 Å². The topological polar surface area (TPSA) is 20.3 Å². The molecule has 0 bridgehead atoms. The van der Waals surface area contributed by atoms with Gasteiger partial charge in [0.25, 0.3) is 0 Å². The lowest BCUT2D eigenvalue weighted by atomic mass is 10.0. The lowest BCUT2D eigenvalue weighted by Crippen LogP contribution is -2.25. The Hall–Kier alpha value is -0.530. The van der Waals surface area contributed by atoms with Crippen molar-refractivity contribution in [3.05, 3.63) is 0 Å². The summed E-state index contributed by atoms with van der Waals surface area (Å²) in [6.07, 6.45) is 0. The van der Waals surface area contributed by atoms with Crippen LogP contribution in [0.1, 0.15) is 34.6 Å². The molecule has 0 aromatic carbocycles. The van der Waals surface area contributed by atoms with E-state index in [4.69, 9.17) is 0 Å². The van der Waals surface area contributed by atoms with Crippen LogP contribution in [0, 0.1) is 11.8 Å². The first-order chi connectivity index (χ1) is 5.61. The lowest BCUT2D eigenvalue weighted by molar-refractivity contribution is -0.128. The summed E-state index contributed by atoms with van der Waals surface area (Å²) in [4.78, 5) is 12.8. The third-order valence-corrected chi connectivity index (χ3v) is 2.43. The highest BCUT2D eigenvalue weighted by molar-refractivity contribution is 5.73. The van der Waals surface area contributed by atoms with Gasteiger partial charge in [0, 0.05) is 20.0 Å². The van der Waals surface area contributed by atoms with E-state index in [2.05, 4.69) is 13.8 Å². The summed E-state index contributed by atoms with van der Waals surface area (Å²) >= 11 is 0. The molecule has 0 aliphatic carbocycles. The fourth-order valence-corrected chi connectivity index (χ4v) is 1.39. The Kier molecular flexibility index (Phi) is 4.95. The van der Waals surface area contributed by atoms with Crippen molar-refractivity contribution in [3.63, 3.8) is 0 Å². The zero-order chi connectivity index (χ0) is 9.72. The minimum atomic E-state index is 0.219. The summed E-state index contributed by atoms with van der Waals surface area (Å²) in [6.45, 7) is 12.0. The predicted octanol–water partition coefficient (Wildman–Crippen LogP) is 2.15. The van der Waals surface area contributed by atoms with Gasteiger partial charge in [-0.05, 0) is 11.8 Å². The van der Waals surface area contributed by atoms with Gasteiger partial charge >= 0.3 is 0 Å². The number of likely N-dealkylation sites (tertiary alicyclic amines) is 1. The van der Waals surface area contributed by atoms with E-state index < -0.39 is 0 Å². The van der Waals surface area contributed by atoms with Gasteiger partial charge in [0.15, 0.2) is 0 Å². The van der Waals surface area contributed by atoms with E-state index >= 15 is 0 Å². The van der Waals surface area contributed by atoms with Crippen LogP contribution in [0.5, 0.6) is 0 Å². The van der Waals surface area contributed by atoms with Crippen LogP contribution in [-0.4, -0.2) is 23.9 Å². The van der Waals surface area contributed by atoms with Crippen molar-refractivity contribution in [1.82, 2.24) is 4.90 Å². The van der Waals surface area contributed by atoms with Crippen LogP contribution >= 0.6 is 0 Å². The van der Waals surface area contributed by atoms with Gasteiger partial charge in [-0.1, -0.05) is 27.7 Å². The van der Waals surface area contributed by atoms with Crippen molar-refractivity contribution in [2.24, 2.45) is 11.8 Å². The first-order valence-corrected chi connectivity index (χ1v) is 4.86. The zero-order valence-corrected chi connectivity index (χ0v) is 8.92. The van der Waals surface area contributed by atoms with Crippen molar-refractivity contribution in [3.8, 4) is 0 Å². The second kappa shape index (κ2) is 5.18. The molecule has 72 valence electrons. The van der Waals surface area contributed by atoms with Crippen molar-refractivity contribution in [2.75, 3.05) is 13.1 Å². The molecule has 1 fully saturated rings. The van der Waals surface area contributed by atoms with E-state index in [-0.39, 0.29) is 5.91 Å². The summed E-state index contributed by atoms with van der Waals surface area (Å²) in [7, 11) is 0. The number of nitrogens with zero attached hydrogens (tertiary/aromatic N) is 1. The van der Waals surface area contributed by atoms with Crippen LogP contribution in [0.3, 0.4) is 0 Å². The second-order valence-electron chi connectivity index (χ2n) is 3.38. The summed E-state index contributed by atoms with van der Waals surface area (Å²) in [5, 5.41) is 0. The number of hydrogen-bond donors (Lipinski definition) is 0. The Morgan fingerprint density at radius 2 is 1.50 bits per heavy atom. The predicted molar refractivity (Wildman–Crippen MR) is 51.9 cm³/mol. The van der Waals surface area contributed by atoms with Gasteiger partial charge in [0.1, 0.15) is 0 Å². The van der Waals surface area contributed by atoms with Gasteiger partial charge in [-0.25, -0.2) is 0 Å². The maximum Gasteiger partial charge on any atom is 0.219 e. The smallest absolute Gasteiger partial charge is 0.219 e. The number of hydrogen-bond acceptors (Lipinski definition) is 1. The van der Waals surface area contributed by atoms with E-state index in [1.807, 2.05) is 18.7 Å². The highest BCUT2D eigenvalue weighted by Crippen LogP contribution is 2.21. The van der Waals surface area contributed by atoms with Crippen molar-refractivity contribution in [1.29, 1.82) is 0 Å². The standard InChI is InChI=1S/C8H15NO.C2H6/c1-6-4-9(8(3)10)5-7(6)2;1-2/h6-7H,4-5H2,1-3H3;1-2H3. The molecule has 2 heteroatoms. The van der Waals surface area contributed by atoms with Crippen LogP contribution in [0.4, 0.5) is 0 Å². The van der Waals surface area contributed by atoms with Gasteiger partial charge in [-0.3, -0.25) is 4.79 Å². The normalized spacial score (nSPS) is 27.9. The summed E-state index contributed by atoms with van der Waals surface area (Å²) in [5.74, 6) is 1.59. The Bertz CT molecular complexity index is 135. The number of rotatable bonds is 0. The van der Waals surface area contributed by atoms with Gasteiger partial charge < -0.3 is 4.90 Å². The Morgan fingerprint density at radius 1 is 1.17 bits per heavy atom. The summed E-state index contributed by atoms with van der Waals surface area (Å²) < 4.78 is 0. The summed E-state index contributed by atoms with van der Waals surface area (Å²) in [6, 6.07) is 0. The highest BCUT2D eigenvalue weighted by Gasteiger charge is 2.26. The fourth-order valence-electron chi connectivity index (χ4n) is 1.39. The van der Waals surface area contributed by atoms with Gasteiger partial charge in [-0.2, -0.15) is 0 Å². The van der Waals surface area contributed by atoms with Gasteiger partial charge in [0.05, 0.1) is 0 Å². The largest absolute Gasteiger partial charge is 0.342 e. The van der Waals surface area contributed by atoms with E-state index in [0.717, 1.165) is 13.1 Å². The highest BCUT2D eigenvalue weighted by atomic mass is 16.2. The average Bonchev–Trinajstić information content (AvgIpc) is 2.36. The molecule has 1 aliphatic heterocycles. The van der Waals surface area contributed by atoms with Crippen molar-refractivity contribution in [2.45, 2.75) is 34.6 Å². The molecular formula is C10H21NO. The third-order valence-electron chi connectivity index (χ3n) is 2.43. The SMILES string of the molecule is CC.CC(=O)N1CC(C)C(C)C1. The molecule has 2 unspecified atom stereocenters. The molecule has 2 nitrogen and oxygen atoms in total.